The molecule has 0 amide bonds. The summed E-state index contributed by atoms with van der Waals surface area (Å²) in [6.07, 6.45) is 2.12. The quantitative estimate of drug-likeness (QED) is 0.770. The van der Waals surface area contributed by atoms with Crippen molar-refractivity contribution in [2.45, 2.75) is 33.2 Å². The Kier molecular flexibility index (Phi) is 4.51. The van der Waals surface area contributed by atoms with Crippen LogP contribution in [0, 0.1) is 0 Å². The van der Waals surface area contributed by atoms with Crippen LogP contribution in [0.25, 0.3) is 0 Å². The monoisotopic (exact) mass is 349 g/mol. The van der Waals surface area contributed by atoms with E-state index in [0.717, 1.165) is 42.8 Å². The number of nitrogens with zero attached hydrogens (tertiary/aromatic N) is 1. The lowest BCUT2D eigenvalue weighted by Gasteiger charge is -2.29. The van der Waals surface area contributed by atoms with Crippen molar-refractivity contribution in [3.05, 3.63) is 70.5 Å². The molecule has 26 heavy (non-hydrogen) atoms. The number of rotatable bonds is 4. The molecule has 0 bridgehead atoms. The van der Waals surface area contributed by atoms with Crippen molar-refractivity contribution in [1.82, 2.24) is 4.90 Å². The van der Waals surface area contributed by atoms with Gasteiger partial charge in [0.2, 0.25) is 5.78 Å². The van der Waals surface area contributed by atoms with Gasteiger partial charge in [-0.05, 0) is 50.0 Å². The van der Waals surface area contributed by atoms with E-state index in [9.17, 15) is 4.79 Å². The lowest BCUT2D eigenvalue weighted by atomic mass is 10.0. The van der Waals surface area contributed by atoms with Crippen molar-refractivity contribution in [3.63, 3.8) is 0 Å². The Labute approximate surface area is 154 Å². The first-order valence-corrected chi connectivity index (χ1v) is 9.08. The second-order valence-electron chi connectivity index (χ2n) is 7.09. The van der Waals surface area contributed by atoms with Gasteiger partial charge in [-0.2, -0.15) is 0 Å². The Balaban J connectivity index is 1.47. The molecule has 4 heteroatoms. The molecule has 0 spiro atoms. The minimum Gasteiger partial charge on any atom is -0.478 e. The number of carbonyl (C=O) groups excluding carboxylic acids is 1. The molecule has 134 valence electrons. The maximum absolute atomic E-state index is 12.5. The third-order valence-corrected chi connectivity index (χ3v) is 4.89. The molecule has 0 saturated heterocycles. The molecule has 2 aromatic carbocycles. The predicted octanol–water partition coefficient (Wildman–Crippen LogP) is 4.34. The molecule has 4 nitrogen and oxygen atoms in total. The number of aryl methyl sites for hydroxylation is 1. The average molecular weight is 349 g/mol. The Bertz CT molecular complexity index is 866. The van der Waals surface area contributed by atoms with Crippen LogP contribution in [-0.2, 0) is 13.0 Å². The molecule has 0 aromatic heterocycles. The zero-order valence-electron chi connectivity index (χ0n) is 15.2. The standard InChI is InChI=1S/C22H23NO3/c1-15(2)21-20(24)17-10-11-19-18(22(17)26-21)13-23(14-25-19)12-6-9-16-7-4-3-5-8-16/h3-5,7-8,10-11H,6,9,12-14H2,1-2H3. The summed E-state index contributed by atoms with van der Waals surface area (Å²) in [4.78, 5) is 14.8. The zero-order valence-corrected chi connectivity index (χ0v) is 15.2. The number of carbonyl (C=O) groups is 1. The minimum atomic E-state index is -0.0241. The lowest BCUT2D eigenvalue weighted by Crippen LogP contribution is -2.33. The highest BCUT2D eigenvalue weighted by Crippen LogP contribution is 2.42. The van der Waals surface area contributed by atoms with Gasteiger partial charge in [0, 0.05) is 13.1 Å². The molecule has 4 rings (SSSR count). The summed E-state index contributed by atoms with van der Waals surface area (Å²) < 4.78 is 11.8. The molecule has 0 fully saturated rings. The van der Waals surface area contributed by atoms with E-state index in [1.54, 1.807) is 0 Å². The summed E-state index contributed by atoms with van der Waals surface area (Å²) in [5.74, 6) is 1.93. The van der Waals surface area contributed by atoms with E-state index in [1.807, 2.05) is 32.0 Å². The van der Waals surface area contributed by atoms with Gasteiger partial charge >= 0.3 is 0 Å². The fourth-order valence-corrected chi connectivity index (χ4v) is 3.52. The van der Waals surface area contributed by atoms with E-state index < -0.39 is 0 Å². The number of Topliss-reactive ketones (excluding diaryl/α,β-unsaturated/α-hetero) is 1. The Morgan fingerprint density at radius 2 is 1.92 bits per heavy atom. The highest BCUT2D eigenvalue weighted by Gasteiger charge is 2.33. The normalized spacial score (nSPS) is 15.9. The van der Waals surface area contributed by atoms with Crippen molar-refractivity contribution < 1.29 is 14.3 Å². The highest BCUT2D eigenvalue weighted by molar-refractivity contribution is 6.13. The number of hydrogen-bond acceptors (Lipinski definition) is 4. The predicted molar refractivity (Wildman–Crippen MR) is 100 cm³/mol. The van der Waals surface area contributed by atoms with Crippen LogP contribution in [0.3, 0.4) is 0 Å². The number of benzene rings is 2. The van der Waals surface area contributed by atoms with E-state index in [2.05, 4.69) is 29.2 Å². The van der Waals surface area contributed by atoms with Crippen LogP contribution in [0.15, 0.2) is 53.8 Å². The number of allylic oxidation sites excluding steroid dienone is 2. The molecule has 2 aliphatic heterocycles. The summed E-state index contributed by atoms with van der Waals surface area (Å²) in [6, 6.07) is 14.2. The van der Waals surface area contributed by atoms with Gasteiger partial charge < -0.3 is 9.47 Å². The van der Waals surface area contributed by atoms with Crippen molar-refractivity contribution in [1.29, 1.82) is 0 Å². The van der Waals surface area contributed by atoms with Crippen molar-refractivity contribution in [2.75, 3.05) is 13.3 Å². The van der Waals surface area contributed by atoms with Gasteiger partial charge in [-0.25, -0.2) is 0 Å². The van der Waals surface area contributed by atoms with Gasteiger partial charge in [-0.3, -0.25) is 9.69 Å². The summed E-state index contributed by atoms with van der Waals surface area (Å²) in [7, 11) is 0. The average Bonchev–Trinajstić information content (AvgIpc) is 3.00. The molecule has 0 radical (unpaired) electrons. The molecule has 0 atom stereocenters. The minimum absolute atomic E-state index is 0.0241. The second-order valence-corrected chi connectivity index (χ2v) is 7.09. The third-order valence-electron chi connectivity index (χ3n) is 4.89. The Morgan fingerprint density at radius 1 is 1.12 bits per heavy atom. The highest BCUT2D eigenvalue weighted by atomic mass is 16.5. The Hall–Kier alpha value is -2.59. The number of fused-ring (bicyclic) bond motifs is 3. The van der Waals surface area contributed by atoms with Crippen molar-refractivity contribution >= 4 is 5.78 Å². The maximum atomic E-state index is 12.5. The molecular formula is C22H23NO3. The van der Waals surface area contributed by atoms with E-state index >= 15 is 0 Å². The van der Waals surface area contributed by atoms with E-state index in [-0.39, 0.29) is 5.78 Å². The first-order chi connectivity index (χ1) is 12.6. The first kappa shape index (κ1) is 16.9. The summed E-state index contributed by atoms with van der Waals surface area (Å²) in [5.41, 5.74) is 3.89. The zero-order chi connectivity index (χ0) is 18.1. The van der Waals surface area contributed by atoms with Crippen LogP contribution in [0.5, 0.6) is 11.5 Å². The van der Waals surface area contributed by atoms with Crippen LogP contribution < -0.4 is 9.47 Å². The molecule has 0 aliphatic carbocycles. The summed E-state index contributed by atoms with van der Waals surface area (Å²) in [6.45, 7) is 6.07. The van der Waals surface area contributed by atoms with Gasteiger partial charge in [0.25, 0.3) is 0 Å². The Morgan fingerprint density at radius 3 is 2.69 bits per heavy atom. The van der Waals surface area contributed by atoms with Gasteiger partial charge in [0.05, 0.1) is 11.1 Å². The first-order valence-electron chi connectivity index (χ1n) is 9.08. The molecule has 2 heterocycles. The van der Waals surface area contributed by atoms with E-state index in [0.29, 0.717) is 23.8 Å². The van der Waals surface area contributed by atoms with E-state index in [4.69, 9.17) is 9.47 Å². The van der Waals surface area contributed by atoms with Crippen molar-refractivity contribution in [2.24, 2.45) is 0 Å². The smallest absolute Gasteiger partial charge is 0.231 e. The van der Waals surface area contributed by atoms with Crippen LogP contribution in [0.1, 0.15) is 41.8 Å². The van der Waals surface area contributed by atoms with Gasteiger partial charge in [0.1, 0.15) is 18.2 Å². The number of ether oxygens (including phenoxy) is 2. The second kappa shape index (κ2) is 6.96. The van der Waals surface area contributed by atoms with Gasteiger partial charge in [0.15, 0.2) is 5.76 Å². The topological polar surface area (TPSA) is 38.8 Å². The van der Waals surface area contributed by atoms with Crippen molar-refractivity contribution in [3.8, 4) is 11.5 Å². The summed E-state index contributed by atoms with van der Waals surface area (Å²) >= 11 is 0. The molecular weight excluding hydrogens is 326 g/mol. The third kappa shape index (κ3) is 3.13. The molecule has 0 N–H and O–H groups in total. The van der Waals surface area contributed by atoms with Crippen LogP contribution in [0.2, 0.25) is 0 Å². The molecule has 0 saturated carbocycles. The fourth-order valence-electron chi connectivity index (χ4n) is 3.52. The SMILES string of the molecule is CC(C)=C1Oc2c(ccc3c2CN(CCCc2ccccc2)CO3)C1=O. The van der Waals surface area contributed by atoms with Crippen LogP contribution >= 0.6 is 0 Å². The van der Waals surface area contributed by atoms with E-state index in [1.165, 1.54) is 5.56 Å². The molecule has 2 aromatic rings. The maximum Gasteiger partial charge on any atom is 0.231 e. The molecule has 0 unspecified atom stereocenters. The largest absolute Gasteiger partial charge is 0.478 e. The molecule has 2 aliphatic rings. The number of ketones is 1. The van der Waals surface area contributed by atoms with Crippen LogP contribution in [-0.4, -0.2) is 24.0 Å². The number of hydrogen-bond donors (Lipinski definition) is 0. The summed E-state index contributed by atoms with van der Waals surface area (Å²) in [5, 5.41) is 0. The fraction of sp³-hybridized carbons (Fsp3) is 0.318. The van der Waals surface area contributed by atoms with Gasteiger partial charge in [-0.1, -0.05) is 30.3 Å². The van der Waals surface area contributed by atoms with Crippen LogP contribution in [0.4, 0.5) is 0 Å². The lowest BCUT2D eigenvalue weighted by molar-refractivity contribution is 0.0928. The van der Waals surface area contributed by atoms with Gasteiger partial charge in [-0.15, -0.1) is 0 Å².